The van der Waals surface area contributed by atoms with Gasteiger partial charge in [0.15, 0.2) is 0 Å². The molecular weight excluding hydrogens is 377 g/mol. The molecule has 1 aliphatic heterocycles. The van der Waals surface area contributed by atoms with E-state index >= 15 is 0 Å². The van der Waals surface area contributed by atoms with Crippen molar-refractivity contribution in [3.8, 4) is 0 Å². The normalized spacial score (nSPS) is 15.8. The zero-order valence-electron chi connectivity index (χ0n) is 16.2. The molecule has 1 aliphatic rings. The summed E-state index contributed by atoms with van der Waals surface area (Å²) in [6, 6.07) is 9.75. The smallest absolute Gasteiger partial charge is 0.355 e. The van der Waals surface area contributed by atoms with Gasteiger partial charge in [-0.25, -0.2) is 0 Å². The molecule has 1 fully saturated rings. The molecule has 4 rings (SSSR count). The number of aromatic amines is 1. The molecule has 0 unspecified atom stereocenters. The standard InChI is InChI=1S/C22H23F3N4/c1-2-14-11-19-18(27-13-14)12-20(28-19)21(26)29-9-7-15(8-10-29)16-5-3-4-6-17(16)22(23,24)25/h3-6,11-13,15,26,28H,2,7-10H2,1H3. The Hall–Kier alpha value is -2.83. The number of nitrogens with one attached hydrogen (secondary N) is 2. The molecule has 1 saturated heterocycles. The van der Waals surface area contributed by atoms with E-state index in [1.807, 2.05) is 23.2 Å². The van der Waals surface area contributed by atoms with Crippen molar-refractivity contribution < 1.29 is 13.2 Å². The summed E-state index contributed by atoms with van der Waals surface area (Å²) < 4.78 is 40.0. The van der Waals surface area contributed by atoms with E-state index in [0.29, 0.717) is 43.0 Å². The van der Waals surface area contributed by atoms with Gasteiger partial charge in [-0.05, 0) is 54.5 Å². The highest BCUT2D eigenvalue weighted by Crippen LogP contribution is 2.38. The summed E-state index contributed by atoms with van der Waals surface area (Å²) in [5.41, 5.74) is 3.36. The molecular formula is C22H23F3N4. The minimum atomic E-state index is -4.34. The first-order chi connectivity index (χ1) is 13.9. The van der Waals surface area contributed by atoms with Crippen LogP contribution in [0.4, 0.5) is 13.2 Å². The SMILES string of the molecule is CCc1cnc2cc(C(=N)N3CCC(c4ccccc4C(F)(F)F)CC3)[nH]c2c1. The molecule has 0 aliphatic carbocycles. The number of likely N-dealkylation sites (tertiary alicyclic amines) is 1. The lowest BCUT2D eigenvalue weighted by atomic mass is 9.86. The van der Waals surface area contributed by atoms with Crippen LogP contribution in [0, 0.1) is 5.41 Å². The third-order valence-electron chi connectivity index (χ3n) is 5.71. The van der Waals surface area contributed by atoms with E-state index in [0.717, 1.165) is 29.1 Å². The molecule has 0 amide bonds. The first kappa shape index (κ1) is 19.5. The van der Waals surface area contributed by atoms with Gasteiger partial charge < -0.3 is 9.88 Å². The number of aromatic nitrogens is 2. The lowest BCUT2D eigenvalue weighted by Crippen LogP contribution is -2.38. The molecule has 0 radical (unpaired) electrons. The second kappa shape index (κ2) is 7.54. The Morgan fingerprint density at radius 3 is 2.62 bits per heavy atom. The van der Waals surface area contributed by atoms with Crippen LogP contribution in [0.5, 0.6) is 0 Å². The number of pyridine rings is 1. The molecule has 0 atom stereocenters. The van der Waals surface area contributed by atoms with E-state index in [1.54, 1.807) is 12.1 Å². The summed E-state index contributed by atoms with van der Waals surface area (Å²) >= 11 is 0. The summed E-state index contributed by atoms with van der Waals surface area (Å²) in [5.74, 6) is 0.219. The maximum atomic E-state index is 13.3. The van der Waals surface area contributed by atoms with Crippen LogP contribution < -0.4 is 0 Å². The predicted molar refractivity (Wildman–Crippen MR) is 107 cm³/mol. The van der Waals surface area contributed by atoms with E-state index in [1.165, 1.54) is 6.07 Å². The number of halogens is 3. The summed E-state index contributed by atoms with van der Waals surface area (Å²) in [6.45, 7) is 3.17. The van der Waals surface area contributed by atoms with Gasteiger partial charge in [-0.2, -0.15) is 13.2 Å². The summed E-state index contributed by atoms with van der Waals surface area (Å²) in [4.78, 5) is 9.62. The average Bonchev–Trinajstić information content (AvgIpc) is 3.16. The third kappa shape index (κ3) is 3.86. The average molecular weight is 400 g/mol. The lowest BCUT2D eigenvalue weighted by Gasteiger charge is -2.34. The number of rotatable bonds is 3. The van der Waals surface area contributed by atoms with E-state index in [2.05, 4.69) is 16.9 Å². The lowest BCUT2D eigenvalue weighted by molar-refractivity contribution is -0.138. The van der Waals surface area contributed by atoms with Gasteiger partial charge in [-0.15, -0.1) is 0 Å². The number of aryl methyl sites for hydroxylation is 1. The van der Waals surface area contributed by atoms with Crippen molar-refractivity contribution in [1.29, 1.82) is 5.41 Å². The Labute approximate surface area is 167 Å². The third-order valence-corrected chi connectivity index (χ3v) is 5.71. The highest BCUT2D eigenvalue weighted by molar-refractivity contribution is 5.98. The van der Waals surface area contributed by atoms with Crippen LogP contribution in [-0.4, -0.2) is 33.8 Å². The van der Waals surface area contributed by atoms with Crippen molar-refractivity contribution in [1.82, 2.24) is 14.9 Å². The van der Waals surface area contributed by atoms with Gasteiger partial charge in [0.2, 0.25) is 0 Å². The van der Waals surface area contributed by atoms with Gasteiger partial charge >= 0.3 is 6.18 Å². The van der Waals surface area contributed by atoms with Gasteiger partial charge in [-0.1, -0.05) is 25.1 Å². The van der Waals surface area contributed by atoms with Crippen LogP contribution in [0.2, 0.25) is 0 Å². The molecule has 0 bridgehead atoms. The van der Waals surface area contributed by atoms with Crippen molar-refractivity contribution in [2.75, 3.05) is 13.1 Å². The number of benzene rings is 1. The monoisotopic (exact) mass is 400 g/mol. The van der Waals surface area contributed by atoms with Gasteiger partial charge in [0.1, 0.15) is 5.84 Å². The van der Waals surface area contributed by atoms with E-state index in [4.69, 9.17) is 5.41 Å². The van der Waals surface area contributed by atoms with E-state index < -0.39 is 11.7 Å². The van der Waals surface area contributed by atoms with Crippen molar-refractivity contribution in [3.05, 3.63) is 65.0 Å². The fourth-order valence-electron chi connectivity index (χ4n) is 4.07. The van der Waals surface area contributed by atoms with Gasteiger partial charge in [0.05, 0.1) is 22.3 Å². The van der Waals surface area contributed by atoms with E-state index in [-0.39, 0.29) is 5.92 Å². The number of hydrogen-bond donors (Lipinski definition) is 2. The molecule has 2 N–H and O–H groups in total. The minimum absolute atomic E-state index is 0.145. The zero-order chi connectivity index (χ0) is 20.6. The van der Waals surface area contributed by atoms with Gasteiger partial charge in [0, 0.05) is 19.3 Å². The Bertz CT molecular complexity index is 1030. The molecule has 152 valence electrons. The molecule has 7 heteroatoms. The van der Waals surface area contributed by atoms with Gasteiger partial charge in [0.25, 0.3) is 0 Å². The van der Waals surface area contributed by atoms with Crippen LogP contribution in [-0.2, 0) is 12.6 Å². The Morgan fingerprint density at radius 1 is 1.21 bits per heavy atom. The summed E-state index contributed by atoms with van der Waals surface area (Å²) in [7, 11) is 0. The molecule has 0 saturated carbocycles. The van der Waals surface area contributed by atoms with Gasteiger partial charge in [-0.3, -0.25) is 10.4 Å². The molecule has 29 heavy (non-hydrogen) atoms. The molecule has 2 aromatic heterocycles. The molecule has 3 heterocycles. The van der Waals surface area contributed by atoms with Crippen molar-refractivity contribution >= 4 is 16.9 Å². The fourth-order valence-corrected chi connectivity index (χ4v) is 4.07. The molecule has 1 aromatic carbocycles. The quantitative estimate of drug-likeness (QED) is 0.460. The molecule has 4 nitrogen and oxygen atoms in total. The van der Waals surface area contributed by atoms with Crippen LogP contribution >= 0.6 is 0 Å². The molecule has 3 aromatic rings. The maximum Gasteiger partial charge on any atom is 0.416 e. The first-order valence-corrected chi connectivity index (χ1v) is 9.84. The van der Waals surface area contributed by atoms with Crippen molar-refractivity contribution in [2.24, 2.45) is 0 Å². The van der Waals surface area contributed by atoms with Crippen LogP contribution in [0.15, 0.2) is 42.6 Å². The van der Waals surface area contributed by atoms with Crippen molar-refractivity contribution in [3.63, 3.8) is 0 Å². The van der Waals surface area contributed by atoms with Crippen LogP contribution in [0.1, 0.15) is 48.1 Å². The predicted octanol–water partition coefficient (Wildman–Crippen LogP) is 5.35. The second-order valence-electron chi connectivity index (χ2n) is 7.51. The fraction of sp³-hybridized carbons (Fsp3) is 0.364. The number of H-pyrrole nitrogens is 1. The number of alkyl halides is 3. The number of fused-ring (bicyclic) bond motifs is 1. The Balaban J connectivity index is 1.48. The minimum Gasteiger partial charge on any atom is -0.355 e. The summed E-state index contributed by atoms with van der Waals surface area (Å²) in [6.07, 6.45) is -0.425. The largest absolute Gasteiger partial charge is 0.416 e. The molecule has 0 spiro atoms. The highest BCUT2D eigenvalue weighted by atomic mass is 19.4. The number of piperidine rings is 1. The Kier molecular flexibility index (Phi) is 5.06. The highest BCUT2D eigenvalue weighted by Gasteiger charge is 2.36. The topological polar surface area (TPSA) is 55.8 Å². The number of hydrogen-bond acceptors (Lipinski definition) is 2. The van der Waals surface area contributed by atoms with Crippen molar-refractivity contribution in [2.45, 2.75) is 38.3 Å². The summed E-state index contributed by atoms with van der Waals surface area (Å²) in [5, 5.41) is 8.55. The second-order valence-corrected chi connectivity index (χ2v) is 7.51. The van der Waals surface area contributed by atoms with Crippen LogP contribution in [0.25, 0.3) is 11.0 Å². The van der Waals surface area contributed by atoms with Crippen LogP contribution in [0.3, 0.4) is 0 Å². The number of nitrogens with zero attached hydrogens (tertiary/aromatic N) is 2. The number of amidine groups is 1. The van der Waals surface area contributed by atoms with E-state index in [9.17, 15) is 13.2 Å². The zero-order valence-corrected chi connectivity index (χ0v) is 16.2. The first-order valence-electron chi connectivity index (χ1n) is 9.84. The Morgan fingerprint density at radius 2 is 1.93 bits per heavy atom. The maximum absolute atomic E-state index is 13.3.